The second-order valence-electron chi connectivity index (χ2n) is 10.5. The van der Waals surface area contributed by atoms with E-state index in [0.29, 0.717) is 5.92 Å². The molecule has 5 aromatic carbocycles. The van der Waals surface area contributed by atoms with Crippen LogP contribution in [0.5, 0.6) is 17.2 Å². The number of phenols is 1. The highest BCUT2D eigenvalue weighted by Gasteiger charge is 2.47. The van der Waals surface area contributed by atoms with Gasteiger partial charge in [0.15, 0.2) is 0 Å². The Morgan fingerprint density at radius 2 is 1.32 bits per heavy atom. The lowest BCUT2D eigenvalue weighted by Crippen LogP contribution is -2.28. The van der Waals surface area contributed by atoms with Gasteiger partial charge in [-0.2, -0.15) is 0 Å². The van der Waals surface area contributed by atoms with Crippen molar-refractivity contribution in [1.29, 1.82) is 0 Å². The molecule has 0 aliphatic heterocycles. The van der Waals surface area contributed by atoms with E-state index in [1.54, 1.807) is 19.2 Å². The predicted molar refractivity (Wildman–Crippen MR) is 154 cm³/mol. The van der Waals surface area contributed by atoms with E-state index in [0.717, 1.165) is 28.2 Å². The number of aromatic hydroxyl groups is 1. The van der Waals surface area contributed by atoms with Crippen LogP contribution in [0.1, 0.15) is 43.0 Å². The second kappa shape index (κ2) is 9.25. The molecule has 0 heterocycles. The van der Waals surface area contributed by atoms with Gasteiger partial charge in [-0.25, -0.2) is 0 Å². The Labute approximate surface area is 224 Å². The van der Waals surface area contributed by atoms with Crippen LogP contribution in [0.3, 0.4) is 0 Å². The minimum absolute atomic E-state index is 0.124. The van der Waals surface area contributed by atoms with Crippen LogP contribution in [0.4, 0.5) is 0 Å². The monoisotopic (exact) mass is 500 g/mol. The van der Waals surface area contributed by atoms with E-state index in [9.17, 15) is 5.11 Å². The number of phenolic OH excluding ortho intramolecular Hbond substituents is 1. The summed E-state index contributed by atoms with van der Waals surface area (Å²) in [6.07, 6.45) is 0.124. The molecule has 0 bridgehead atoms. The van der Waals surface area contributed by atoms with Crippen molar-refractivity contribution in [3.8, 4) is 28.4 Å². The molecule has 0 fully saturated rings. The first kappa shape index (κ1) is 24.1. The first-order chi connectivity index (χ1) is 18.4. The Balaban J connectivity index is 1.67. The Bertz CT molecular complexity index is 1620. The minimum atomic E-state index is -0.573. The van der Waals surface area contributed by atoms with Crippen molar-refractivity contribution in [1.82, 2.24) is 0 Å². The Morgan fingerprint density at radius 1 is 0.684 bits per heavy atom. The molecule has 0 saturated heterocycles. The van der Waals surface area contributed by atoms with Crippen molar-refractivity contribution in [2.75, 3.05) is 7.11 Å². The van der Waals surface area contributed by atoms with Crippen molar-refractivity contribution in [2.45, 2.75) is 32.3 Å². The zero-order valence-corrected chi connectivity index (χ0v) is 22.2. The summed E-state index contributed by atoms with van der Waals surface area (Å²) in [6, 6.07) is 35.6. The fourth-order valence-corrected chi connectivity index (χ4v) is 5.84. The van der Waals surface area contributed by atoms with Crippen molar-refractivity contribution in [2.24, 2.45) is 5.92 Å². The Morgan fingerprint density at radius 3 is 2.00 bits per heavy atom. The number of rotatable bonds is 6. The standard InChI is InChI=1S/C35H32O3/c1-22(2)23(3)38-28-16-12-26(13-17-28)35(25-10-14-27(36)15-11-25)32-20-18-29(37-4)21-31(32)34-30-8-6-5-7-24(30)9-19-33(34)35/h5-23,36H,1-4H3. The molecule has 3 nitrogen and oxygen atoms in total. The van der Waals surface area contributed by atoms with Gasteiger partial charge in [0.1, 0.15) is 17.2 Å². The number of hydrogen-bond donors (Lipinski definition) is 1. The SMILES string of the molecule is COc1ccc2c(c1)-c1c(ccc3ccccc13)C2(c1ccc(O)cc1)c1ccc(OC(C)C(C)C)cc1. The van der Waals surface area contributed by atoms with E-state index in [1.807, 2.05) is 18.2 Å². The minimum Gasteiger partial charge on any atom is -0.508 e. The quantitative estimate of drug-likeness (QED) is 0.250. The van der Waals surface area contributed by atoms with Crippen molar-refractivity contribution >= 4 is 10.8 Å². The molecule has 1 N–H and O–H groups in total. The van der Waals surface area contributed by atoms with Crippen LogP contribution in [0.15, 0.2) is 103 Å². The zero-order chi connectivity index (χ0) is 26.4. The maximum atomic E-state index is 10.2. The van der Waals surface area contributed by atoms with Crippen molar-refractivity contribution < 1.29 is 14.6 Å². The lowest BCUT2D eigenvalue weighted by atomic mass is 9.67. The molecular weight excluding hydrogens is 468 g/mol. The largest absolute Gasteiger partial charge is 0.508 e. The predicted octanol–water partition coefficient (Wildman–Crippen LogP) is 8.34. The molecular formula is C35H32O3. The van der Waals surface area contributed by atoms with Gasteiger partial charge >= 0.3 is 0 Å². The lowest BCUT2D eigenvalue weighted by molar-refractivity contribution is 0.170. The summed E-state index contributed by atoms with van der Waals surface area (Å²) in [4.78, 5) is 0. The van der Waals surface area contributed by atoms with Gasteiger partial charge in [-0.15, -0.1) is 0 Å². The van der Waals surface area contributed by atoms with Gasteiger partial charge in [-0.1, -0.05) is 80.6 Å². The van der Waals surface area contributed by atoms with Crippen LogP contribution in [-0.4, -0.2) is 18.3 Å². The van der Waals surface area contributed by atoms with Crippen LogP contribution >= 0.6 is 0 Å². The maximum Gasteiger partial charge on any atom is 0.119 e. The highest BCUT2D eigenvalue weighted by Crippen LogP contribution is 2.58. The van der Waals surface area contributed by atoms with Crippen LogP contribution in [0.2, 0.25) is 0 Å². The summed E-state index contributed by atoms with van der Waals surface area (Å²) in [6.45, 7) is 6.45. The van der Waals surface area contributed by atoms with Gasteiger partial charge in [0.2, 0.25) is 0 Å². The molecule has 0 aromatic heterocycles. The lowest BCUT2D eigenvalue weighted by Gasteiger charge is -2.34. The molecule has 2 unspecified atom stereocenters. The average molecular weight is 501 g/mol. The Kier molecular flexibility index (Phi) is 5.87. The first-order valence-electron chi connectivity index (χ1n) is 13.2. The topological polar surface area (TPSA) is 38.7 Å². The molecule has 38 heavy (non-hydrogen) atoms. The van der Waals surface area contributed by atoms with Gasteiger partial charge in [0, 0.05) is 0 Å². The summed E-state index contributed by atoms with van der Waals surface area (Å²) in [5.74, 6) is 2.37. The number of benzene rings is 5. The summed E-state index contributed by atoms with van der Waals surface area (Å²) in [7, 11) is 1.71. The molecule has 1 aliphatic carbocycles. The van der Waals surface area contributed by atoms with Gasteiger partial charge in [0.05, 0.1) is 18.6 Å². The smallest absolute Gasteiger partial charge is 0.119 e. The number of fused-ring (bicyclic) bond motifs is 5. The maximum absolute atomic E-state index is 10.2. The number of ether oxygens (including phenoxy) is 2. The molecule has 0 saturated carbocycles. The van der Waals surface area contributed by atoms with E-state index in [2.05, 4.69) is 93.6 Å². The van der Waals surface area contributed by atoms with E-state index in [1.165, 1.54) is 27.5 Å². The van der Waals surface area contributed by atoms with Crippen molar-refractivity contribution in [3.05, 3.63) is 125 Å². The van der Waals surface area contributed by atoms with E-state index >= 15 is 0 Å². The third-order valence-electron chi connectivity index (χ3n) is 8.08. The molecule has 190 valence electrons. The van der Waals surface area contributed by atoms with E-state index < -0.39 is 5.41 Å². The molecule has 6 rings (SSSR count). The Hall–Kier alpha value is -4.24. The summed E-state index contributed by atoms with van der Waals surface area (Å²) >= 11 is 0. The zero-order valence-electron chi connectivity index (χ0n) is 22.2. The first-order valence-corrected chi connectivity index (χ1v) is 13.2. The van der Waals surface area contributed by atoms with Crippen LogP contribution in [0, 0.1) is 5.92 Å². The van der Waals surface area contributed by atoms with Crippen LogP contribution in [-0.2, 0) is 5.41 Å². The van der Waals surface area contributed by atoms with Gasteiger partial charge in [0.25, 0.3) is 0 Å². The third-order valence-corrected chi connectivity index (χ3v) is 8.08. The molecule has 2 atom stereocenters. The highest BCUT2D eigenvalue weighted by atomic mass is 16.5. The van der Waals surface area contributed by atoms with Gasteiger partial charge in [-0.05, 0) is 93.4 Å². The average Bonchev–Trinajstić information content (AvgIpc) is 3.24. The fraction of sp³-hybridized carbons (Fsp3) is 0.200. The van der Waals surface area contributed by atoms with Crippen LogP contribution < -0.4 is 9.47 Å². The molecule has 1 aliphatic rings. The van der Waals surface area contributed by atoms with Crippen LogP contribution in [0.25, 0.3) is 21.9 Å². The molecule has 3 heteroatoms. The second-order valence-corrected chi connectivity index (χ2v) is 10.5. The number of methoxy groups -OCH3 is 1. The molecule has 0 amide bonds. The van der Waals surface area contributed by atoms with E-state index in [-0.39, 0.29) is 11.9 Å². The highest BCUT2D eigenvalue weighted by molar-refractivity contribution is 6.04. The third kappa shape index (κ3) is 3.65. The summed E-state index contributed by atoms with van der Waals surface area (Å²) < 4.78 is 11.9. The van der Waals surface area contributed by atoms with Gasteiger partial charge in [-0.3, -0.25) is 0 Å². The van der Waals surface area contributed by atoms with Crippen molar-refractivity contribution in [3.63, 3.8) is 0 Å². The summed E-state index contributed by atoms with van der Waals surface area (Å²) in [5, 5.41) is 12.6. The normalized spacial score (nSPS) is 16.8. The van der Waals surface area contributed by atoms with Gasteiger partial charge < -0.3 is 14.6 Å². The van der Waals surface area contributed by atoms with E-state index in [4.69, 9.17) is 9.47 Å². The molecule has 0 radical (unpaired) electrons. The molecule has 0 spiro atoms. The summed E-state index contributed by atoms with van der Waals surface area (Å²) in [5.41, 5.74) is 6.47. The number of hydrogen-bond acceptors (Lipinski definition) is 3. The molecule has 5 aromatic rings. The fourth-order valence-electron chi connectivity index (χ4n) is 5.84.